The van der Waals surface area contributed by atoms with E-state index in [1.165, 1.54) is 0 Å². The molecule has 0 aliphatic rings. The van der Waals surface area contributed by atoms with E-state index in [0.29, 0.717) is 24.4 Å². The normalized spacial score (nSPS) is 9.95. The standard InChI is InChI=1S/C15H16N2O2S/c1-10-8-14(11(2)19-10)15(18)17-9-13-6-5-12(20-13)4-3-7-16/h5-6,8H,7,9,16H2,1-2H3,(H,17,18). The largest absolute Gasteiger partial charge is 0.466 e. The molecule has 0 saturated carbocycles. The van der Waals surface area contributed by atoms with E-state index >= 15 is 0 Å². The first-order valence-electron chi connectivity index (χ1n) is 6.23. The second kappa shape index (κ2) is 6.42. The monoisotopic (exact) mass is 288 g/mol. The van der Waals surface area contributed by atoms with Crippen molar-refractivity contribution in [1.29, 1.82) is 0 Å². The molecule has 104 valence electrons. The molecule has 0 bridgehead atoms. The molecule has 0 aromatic carbocycles. The molecule has 2 aromatic heterocycles. The van der Waals surface area contributed by atoms with Gasteiger partial charge < -0.3 is 15.5 Å². The van der Waals surface area contributed by atoms with Crippen LogP contribution in [0.25, 0.3) is 0 Å². The molecule has 0 saturated heterocycles. The van der Waals surface area contributed by atoms with Crippen molar-refractivity contribution < 1.29 is 9.21 Å². The average molecular weight is 288 g/mol. The van der Waals surface area contributed by atoms with Gasteiger partial charge in [-0.3, -0.25) is 4.79 Å². The van der Waals surface area contributed by atoms with Crippen LogP contribution < -0.4 is 11.1 Å². The van der Waals surface area contributed by atoms with Gasteiger partial charge in [0.2, 0.25) is 0 Å². The molecule has 3 N–H and O–H groups in total. The molecule has 0 atom stereocenters. The number of carbonyl (C=O) groups excluding carboxylic acids is 1. The third-order valence-electron chi connectivity index (χ3n) is 2.68. The van der Waals surface area contributed by atoms with Gasteiger partial charge in [0.05, 0.1) is 23.5 Å². The van der Waals surface area contributed by atoms with Gasteiger partial charge in [-0.05, 0) is 32.0 Å². The van der Waals surface area contributed by atoms with Crippen molar-refractivity contribution in [2.24, 2.45) is 5.73 Å². The number of hydrogen-bond acceptors (Lipinski definition) is 4. The number of amides is 1. The van der Waals surface area contributed by atoms with Crippen molar-refractivity contribution in [1.82, 2.24) is 5.32 Å². The molecule has 5 heteroatoms. The van der Waals surface area contributed by atoms with Gasteiger partial charge in [0.15, 0.2) is 0 Å². The quantitative estimate of drug-likeness (QED) is 0.851. The van der Waals surface area contributed by atoms with E-state index < -0.39 is 0 Å². The Morgan fingerprint density at radius 2 is 2.25 bits per heavy atom. The molecule has 0 fully saturated rings. The van der Waals surface area contributed by atoms with E-state index in [1.807, 2.05) is 19.1 Å². The fourth-order valence-electron chi connectivity index (χ4n) is 1.80. The van der Waals surface area contributed by atoms with Gasteiger partial charge in [0.1, 0.15) is 11.5 Å². The molecule has 0 aliphatic carbocycles. The lowest BCUT2D eigenvalue weighted by atomic mass is 10.2. The van der Waals surface area contributed by atoms with Gasteiger partial charge in [0, 0.05) is 4.88 Å². The summed E-state index contributed by atoms with van der Waals surface area (Å²) in [5, 5.41) is 2.88. The fraction of sp³-hybridized carbons (Fsp3) is 0.267. The second-order valence-electron chi connectivity index (χ2n) is 4.28. The van der Waals surface area contributed by atoms with Crippen LogP contribution in [0.15, 0.2) is 22.6 Å². The van der Waals surface area contributed by atoms with Crippen LogP contribution in [-0.4, -0.2) is 12.5 Å². The number of hydrogen-bond donors (Lipinski definition) is 2. The molecule has 4 nitrogen and oxygen atoms in total. The van der Waals surface area contributed by atoms with E-state index in [4.69, 9.17) is 10.2 Å². The van der Waals surface area contributed by atoms with Crippen molar-refractivity contribution in [3.63, 3.8) is 0 Å². The Morgan fingerprint density at radius 3 is 2.90 bits per heavy atom. The van der Waals surface area contributed by atoms with E-state index in [0.717, 1.165) is 15.5 Å². The summed E-state index contributed by atoms with van der Waals surface area (Å²) in [5.41, 5.74) is 5.91. The predicted octanol–water partition coefficient (Wildman–Crippen LogP) is 2.20. The van der Waals surface area contributed by atoms with Crippen molar-refractivity contribution >= 4 is 17.2 Å². The minimum absolute atomic E-state index is 0.123. The average Bonchev–Trinajstić information content (AvgIpc) is 3.00. The molecule has 2 heterocycles. The molecule has 2 rings (SSSR count). The highest BCUT2D eigenvalue weighted by Crippen LogP contribution is 2.16. The zero-order valence-electron chi connectivity index (χ0n) is 11.4. The first kappa shape index (κ1) is 14.4. The summed E-state index contributed by atoms with van der Waals surface area (Å²) in [5.74, 6) is 7.04. The van der Waals surface area contributed by atoms with Crippen LogP contribution in [0.3, 0.4) is 0 Å². The number of furan rings is 1. The Hall–Kier alpha value is -2.03. The molecule has 0 radical (unpaired) electrons. The number of nitrogens with one attached hydrogen (secondary N) is 1. The van der Waals surface area contributed by atoms with E-state index in [-0.39, 0.29) is 5.91 Å². The summed E-state index contributed by atoms with van der Waals surface area (Å²) in [6.07, 6.45) is 0. The van der Waals surface area contributed by atoms with Crippen molar-refractivity contribution in [2.75, 3.05) is 6.54 Å². The van der Waals surface area contributed by atoms with Crippen molar-refractivity contribution in [2.45, 2.75) is 20.4 Å². The third kappa shape index (κ3) is 3.50. The summed E-state index contributed by atoms with van der Waals surface area (Å²) in [7, 11) is 0. The number of thiophene rings is 1. The number of nitrogens with two attached hydrogens (primary N) is 1. The van der Waals surface area contributed by atoms with Crippen molar-refractivity contribution in [3.05, 3.63) is 45.0 Å². The van der Waals surface area contributed by atoms with Gasteiger partial charge in [-0.2, -0.15) is 0 Å². The topological polar surface area (TPSA) is 68.3 Å². The van der Waals surface area contributed by atoms with Gasteiger partial charge in [-0.1, -0.05) is 11.8 Å². The van der Waals surface area contributed by atoms with Crippen LogP contribution in [0.1, 0.15) is 31.6 Å². The lowest BCUT2D eigenvalue weighted by Gasteiger charge is -2.01. The van der Waals surface area contributed by atoms with Crippen LogP contribution in [-0.2, 0) is 6.54 Å². The Kier molecular flexibility index (Phi) is 4.61. The molecule has 0 unspecified atom stereocenters. The Bertz CT molecular complexity index is 674. The maximum absolute atomic E-state index is 12.0. The third-order valence-corrected chi connectivity index (χ3v) is 3.68. The minimum Gasteiger partial charge on any atom is -0.466 e. The molecule has 1 amide bonds. The lowest BCUT2D eigenvalue weighted by molar-refractivity contribution is 0.0950. The highest BCUT2D eigenvalue weighted by molar-refractivity contribution is 7.12. The van der Waals surface area contributed by atoms with Crippen LogP contribution in [0.2, 0.25) is 0 Å². The summed E-state index contributed by atoms with van der Waals surface area (Å²) in [6, 6.07) is 5.64. The van der Waals surface area contributed by atoms with Gasteiger partial charge >= 0.3 is 0 Å². The van der Waals surface area contributed by atoms with Crippen LogP contribution >= 0.6 is 11.3 Å². The summed E-state index contributed by atoms with van der Waals surface area (Å²) >= 11 is 1.55. The molecule has 0 aliphatic heterocycles. The van der Waals surface area contributed by atoms with Gasteiger partial charge in [0.25, 0.3) is 5.91 Å². The number of aryl methyl sites for hydroxylation is 2. The maximum atomic E-state index is 12.0. The van der Waals surface area contributed by atoms with Crippen LogP contribution in [0.5, 0.6) is 0 Å². The molecule has 0 spiro atoms. The molecule has 20 heavy (non-hydrogen) atoms. The highest BCUT2D eigenvalue weighted by Gasteiger charge is 2.13. The molecular formula is C15H16N2O2S. The van der Waals surface area contributed by atoms with Crippen LogP contribution in [0, 0.1) is 25.7 Å². The Labute approximate surface area is 122 Å². The molecule has 2 aromatic rings. The second-order valence-corrected chi connectivity index (χ2v) is 5.45. The first-order chi connectivity index (χ1) is 9.60. The Balaban J connectivity index is 1.96. The first-order valence-corrected chi connectivity index (χ1v) is 7.04. The minimum atomic E-state index is -0.123. The van der Waals surface area contributed by atoms with E-state index in [2.05, 4.69) is 17.2 Å². The van der Waals surface area contributed by atoms with Gasteiger partial charge in [-0.25, -0.2) is 0 Å². The summed E-state index contributed by atoms with van der Waals surface area (Å²) in [6.45, 7) is 4.44. The highest BCUT2D eigenvalue weighted by atomic mass is 32.1. The Morgan fingerprint density at radius 1 is 1.45 bits per heavy atom. The van der Waals surface area contributed by atoms with Crippen molar-refractivity contribution in [3.8, 4) is 11.8 Å². The predicted molar refractivity (Wildman–Crippen MR) is 79.6 cm³/mol. The lowest BCUT2D eigenvalue weighted by Crippen LogP contribution is -2.22. The van der Waals surface area contributed by atoms with Crippen LogP contribution in [0.4, 0.5) is 0 Å². The number of rotatable bonds is 3. The fourth-order valence-corrected chi connectivity index (χ4v) is 2.62. The van der Waals surface area contributed by atoms with E-state index in [1.54, 1.807) is 24.3 Å². The zero-order chi connectivity index (χ0) is 14.5. The summed E-state index contributed by atoms with van der Waals surface area (Å²) < 4.78 is 5.35. The van der Waals surface area contributed by atoms with E-state index in [9.17, 15) is 4.79 Å². The zero-order valence-corrected chi connectivity index (χ0v) is 12.3. The summed E-state index contributed by atoms with van der Waals surface area (Å²) in [4.78, 5) is 14.0. The van der Waals surface area contributed by atoms with Gasteiger partial charge in [-0.15, -0.1) is 11.3 Å². The number of carbonyl (C=O) groups is 1. The SMILES string of the molecule is Cc1cc(C(=O)NCc2ccc(C#CCN)s2)c(C)o1. The smallest absolute Gasteiger partial charge is 0.255 e. The molecular weight excluding hydrogens is 272 g/mol. The maximum Gasteiger partial charge on any atom is 0.255 e.